The molecule has 0 saturated heterocycles. The van der Waals surface area contributed by atoms with Crippen LogP contribution in [0.25, 0.3) is 0 Å². The molecule has 3 nitrogen and oxygen atoms in total. The zero-order valence-electron chi connectivity index (χ0n) is 14.3. The lowest BCUT2D eigenvalue weighted by Gasteiger charge is -2.39. The molecule has 2 atom stereocenters. The topological polar surface area (TPSA) is 38.5 Å². The minimum Gasteiger partial charge on any atom is -0.497 e. The molecular formula is C20H26N2O. The monoisotopic (exact) mass is 310 g/mol. The zero-order chi connectivity index (χ0) is 16.4. The standard InChI is InChI=1S/C20H26N2O/c1-14-4-6-16(7-5-14)12-20(21)22-11-10-17-13-18(23-3)8-9-19(17)15(22)2/h4-9,13,15,20H,10-12,21H2,1-3H3. The van der Waals surface area contributed by atoms with E-state index < -0.39 is 0 Å². The quantitative estimate of drug-likeness (QED) is 0.940. The Labute approximate surface area is 139 Å². The van der Waals surface area contributed by atoms with Gasteiger partial charge in [0, 0.05) is 19.0 Å². The third-order valence-electron chi connectivity index (χ3n) is 4.93. The summed E-state index contributed by atoms with van der Waals surface area (Å²) in [5.41, 5.74) is 11.9. The smallest absolute Gasteiger partial charge is 0.119 e. The predicted molar refractivity (Wildman–Crippen MR) is 94.7 cm³/mol. The fourth-order valence-corrected chi connectivity index (χ4v) is 3.49. The van der Waals surface area contributed by atoms with E-state index in [1.54, 1.807) is 7.11 Å². The number of aryl methyl sites for hydroxylation is 1. The van der Waals surface area contributed by atoms with Crippen LogP contribution in [-0.2, 0) is 12.8 Å². The van der Waals surface area contributed by atoms with Crippen LogP contribution in [0.3, 0.4) is 0 Å². The third-order valence-corrected chi connectivity index (χ3v) is 4.93. The van der Waals surface area contributed by atoms with E-state index in [2.05, 4.69) is 55.1 Å². The van der Waals surface area contributed by atoms with Gasteiger partial charge in [-0.25, -0.2) is 0 Å². The summed E-state index contributed by atoms with van der Waals surface area (Å²) in [6, 6.07) is 15.4. The molecule has 0 saturated carbocycles. The molecular weight excluding hydrogens is 284 g/mol. The van der Waals surface area contributed by atoms with E-state index in [4.69, 9.17) is 10.5 Å². The minimum absolute atomic E-state index is 0.0444. The Bertz CT molecular complexity index is 666. The van der Waals surface area contributed by atoms with Gasteiger partial charge in [0.15, 0.2) is 0 Å². The zero-order valence-corrected chi connectivity index (χ0v) is 14.3. The van der Waals surface area contributed by atoms with Crippen LogP contribution in [0.2, 0.25) is 0 Å². The summed E-state index contributed by atoms with van der Waals surface area (Å²) in [7, 11) is 1.72. The number of nitrogens with zero attached hydrogens (tertiary/aromatic N) is 1. The Morgan fingerprint density at radius 2 is 1.96 bits per heavy atom. The normalized spacial score (nSPS) is 19.2. The van der Waals surface area contributed by atoms with E-state index in [1.165, 1.54) is 22.3 Å². The second-order valence-corrected chi connectivity index (χ2v) is 6.49. The third kappa shape index (κ3) is 3.41. The molecule has 3 rings (SSSR count). The van der Waals surface area contributed by atoms with E-state index in [-0.39, 0.29) is 6.17 Å². The molecule has 3 heteroatoms. The maximum atomic E-state index is 6.52. The number of benzene rings is 2. The minimum atomic E-state index is 0.0444. The first-order valence-corrected chi connectivity index (χ1v) is 8.32. The highest BCUT2D eigenvalue weighted by Gasteiger charge is 2.27. The van der Waals surface area contributed by atoms with Crippen molar-refractivity contribution in [3.63, 3.8) is 0 Å². The maximum absolute atomic E-state index is 6.52. The largest absolute Gasteiger partial charge is 0.497 e. The highest BCUT2D eigenvalue weighted by atomic mass is 16.5. The van der Waals surface area contributed by atoms with E-state index in [9.17, 15) is 0 Å². The molecule has 0 spiro atoms. The molecule has 1 heterocycles. The first-order valence-electron chi connectivity index (χ1n) is 8.32. The van der Waals surface area contributed by atoms with Gasteiger partial charge in [-0.05, 0) is 49.1 Å². The van der Waals surface area contributed by atoms with E-state index in [0.717, 1.165) is 25.1 Å². The van der Waals surface area contributed by atoms with Crippen molar-refractivity contribution < 1.29 is 4.74 Å². The summed E-state index contributed by atoms with van der Waals surface area (Å²) in [5.74, 6) is 0.938. The molecule has 2 N–H and O–H groups in total. The van der Waals surface area contributed by atoms with Crippen LogP contribution in [0.15, 0.2) is 42.5 Å². The van der Waals surface area contributed by atoms with Gasteiger partial charge >= 0.3 is 0 Å². The van der Waals surface area contributed by atoms with Crippen molar-refractivity contribution in [3.8, 4) is 5.75 Å². The first-order chi connectivity index (χ1) is 11.1. The van der Waals surface area contributed by atoms with Crippen LogP contribution >= 0.6 is 0 Å². The Kier molecular flexibility index (Phi) is 4.69. The number of ether oxygens (including phenoxy) is 1. The van der Waals surface area contributed by atoms with Crippen molar-refractivity contribution >= 4 is 0 Å². The number of nitrogens with two attached hydrogens (primary N) is 1. The van der Waals surface area contributed by atoms with Crippen LogP contribution < -0.4 is 10.5 Å². The maximum Gasteiger partial charge on any atom is 0.119 e. The van der Waals surface area contributed by atoms with Gasteiger partial charge in [0.25, 0.3) is 0 Å². The summed E-state index contributed by atoms with van der Waals surface area (Å²) < 4.78 is 5.34. The summed E-state index contributed by atoms with van der Waals surface area (Å²) >= 11 is 0. The van der Waals surface area contributed by atoms with Crippen molar-refractivity contribution in [2.24, 2.45) is 5.73 Å². The number of rotatable bonds is 4. The molecule has 2 aromatic rings. The Morgan fingerprint density at radius 3 is 2.65 bits per heavy atom. The molecule has 0 amide bonds. The second kappa shape index (κ2) is 6.73. The molecule has 23 heavy (non-hydrogen) atoms. The number of hydrogen-bond acceptors (Lipinski definition) is 3. The molecule has 0 bridgehead atoms. The fourth-order valence-electron chi connectivity index (χ4n) is 3.49. The van der Waals surface area contributed by atoms with Crippen molar-refractivity contribution in [2.75, 3.05) is 13.7 Å². The van der Waals surface area contributed by atoms with Gasteiger partial charge in [0.1, 0.15) is 5.75 Å². The second-order valence-electron chi connectivity index (χ2n) is 6.49. The van der Waals surface area contributed by atoms with Gasteiger partial charge in [0.05, 0.1) is 13.3 Å². The molecule has 0 aromatic heterocycles. The summed E-state index contributed by atoms with van der Waals surface area (Å²) in [6.07, 6.45) is 1.96. The van der Waals surface area contributed by atoms with Gasteiger partial charge in [-0.3, -0.25) is 4.90 Å². The van der Waals surface area contributed by atoms with Gasteiger partial charge in [-0.1, -0.05) is 35.9 Å². The van der Waals surface area contributed by atoms with Crippen LogP contribution in [0.5, 0.6) is 5.75 Å². The molecule has 0 aliphatic carbocycles. The Morgan fingerprint density at radius 1 is 1.22 bits per heavy atom. The van der Waals surface area contributed by atoms with E-state index in [1.807, 2.05) is 6.07 Å². The lowest BCUT2D eigenvalue weighted by atomic mass is 9.92. The molecule has 2 aromatic carbocycles. The molecule has 0 radical (unpaired) electrons. The average molecular weight is 310 g/mol. The molecule has 1 aliphatic rings. The van der Waals surface area contributed by atoms with Crippen molar-refractivity contribution in [2.45, 2.75) is 38.9 Å². The number of hydrogen-bond donors (Lipinski definition) is 1. The lowest BCUT2D eigenvalue weighted by molar-refractivity contribution is 0.135. The molecule has 0 fully saturated rings. The lowest BCUT2D eigenvalue weighted by Crippen LogP contribution is -2.47. The van der Waals surface area contributed by atoms with Crippen LogP contribution in [0, 0.1) is 6.92 Å². The predicted octanol–water partition coefficient (Wildman–Crippen LogP) is 3.45. The Hall–Kier alpha value is -1.84. The Balaban J connectivity index is 1.74. The average Bonchev–Trinajstić information content (AvgIpc) is 2.56. The van der Waals surface area contributed by atoms with Crippen molar-refractivity contribution in [1.82, 2.24) is 4.90 Å². The highest BCUT2D eigenvalue weighted by Crippen LogP contribution is 2.32. The summed E-state index contributed by atoms with van der Waals surface area (Å²) in [4.78, 5) is 2.41. The number of methoxy groups -OCH3 is 1. The van der Waals surface area contributed by atoms with Gasteiger partial charge in [-0.2, -0.15) is 0 Å². The first kappa shape index (κ1) is 16.0. The van der Waals surface area contributed by atoms with Crippen LogP contribution in [-0.4, -0.2) is 24.7 Å². The van der Waals surface area contributed by atoms with E-state index >= 15 is 0 Å². The van der Waals surface area contributed by atoms with Crippen LogP contribution in [0.1, 0.15) is 35.2 Å². The van der Waals surface area contributed by atoms with Gasteiger partial charge < -0.3 is 10.5 Å². The fraction of sp³-hybridized carbons (Fsp3) is 0.400. The van der Waals surface area contributed by atoms with Gasteiger partial charge in [-0.15, -0.1) is 0 Å². The molecule has 122 valence electrons. The van der Waals surface area contributed by atoms with Crippen LogP contribution in [0.4, 0.5) is 0 Å². The summed E-state index contributed by atoms with van der Waals surface area (Å²) in [6.45, 7) is 5.36. The molecule has 1 aliphatic heterocycles. The van der Waals surface area contributed by atoms with Gasteiger partial charge in [0.2, 0.25) is 0 Å². The number of fused-ring (bicyclic) bond motifs is 1. The van der Waals surface area contributed by atoms with E-state index in [0.29, 0.717) is 6.04 Å². The van der Waals surface area contributed by atoms with Crippen molar-refractivity contribution in [3.05, 3.63) is 64.7 Å². The highest BCUT2D eigenvalue weighted by molar-refractivity contribution is 5.39. The van der Waals surface area contributed by atoms with Crippen molar-refractivity contribution in [1.29, 1.82) is 0 Å². The summed E-state index contributed by atoms with van der Waals surface area (Å²) in [5, 5.41) is 0. The molecule has 2 unspecified atom stereocenters. The SMILES string of the molecule is COc1ccc2c(c1)CCN(C(N)Cc1ccc(C)cc1)C2C.